The Balaban J connectivity index is 1.60. The van der Waals surface area contributed by atoms with E-state index in [-0.39, 0.29) is 5.41 Å². The minimum Gasteiger partial charge on any atom is -0.332 e. The van der Waals surface area contributed by atoms with E-state index in [1.807, 2.05) is 6.20 Å². The van der Waals surface area contributed by atoms with Crippen LogP contribution in [0.5, 0.6) is 0 Å². The van der Waals surface area contributed by atoms with Crippen LogP contribution in [-0.2, 0) is 6.42 Å². The molecule has 1 aliphatic carbocycles. The fourth-order valence-electron chi connectivity index (χ4n) is 7.05. The monoisotopic (exact) mass is 581 g/mol. The SMILES string of the molecule is CCCCCCCCCCCCCCCCC(C)n1ccnc1CC1(CCCCCCCCCCCC)C=CC=CC1. The highest BCUT2D eigenvalue weighted by atomic mass is 15.1. The Bertz CT molecular complexity index is 789. The van der Waals surface area contributed by atoms with Crippen molar-refractivity contribution in [1.29, 1.82) is 0 Å². The maximum Gasteiger partial charge on any atom is 0.109 e. The maximum absolute atomic E-state index is 4.90. The van der Waals surface area contributed by atoms with Gasteiger partial charge in [0.05, 0.1) is 0 Å². The molecular formula is C40H72N2. The quantitative estimate of drug-likeness (QED) is 0.0862. The molecule has 1 aliphatic rings. The zero-order valence-corrected chi connectivity index (χ0v) is 28.7. The molecular weight excluding hydrogens is 508 g/mol. The highest BCUT2D eigenvalue weighted by molar-refractivity contribution is 5.19. The lowest BCUT2D eigenvalue weighted by molar-refractivity contribution is 0.315. The van der Waals surface area contributed by atoms with E-state index in [1.54, 1.807) is 0 Å². The molecule has 1 aromatic rings. The second kappa shape index (κ2) is 25.1. The molecule has 0 saturated carbocycles. The van der Waals surface area contributed by atoms with E-state index in [0.717, 1.165) is 6.42 Å². The van der Waals surface area contributed by atoms with Gasteiger partial charge in [-0.2, -0.15) is 0 Å². The number of aromatic nitrogens is 2. The molecule has 1 aromatic heterocycles. The predicted molar refractivity (Wildman–Crippen MR) is 187 cm³/mol. The first-order chi connectivity index (χ1) is 20.7. The van der Waals surface area contributed by atoms with Gasteiger partial charge in [-0.05, 0) is 31.6 Å². The highest BCUT2D eigenvalue weighted by Crippen LogP contribution is 2.38. The summed E-state index contributed by atoms with van der Waals surface area (Å²) in [6.07, 6.45) is 52.7. The van der Waals surface area contributed by atoms with Crippen molar-refractivity contribution in [3.05, 3.63) is 42.5 Å². The Morgan fingerprint density at radius 3 is 1.60 bits per heavy atom. The number of imidazole rings is 1. The van der Waals surface area contributed by atoms with Gasteiger partial charge in [0.25, 0.3) is 0 Å². The lowest BCUT2D eigenvalue weighted by Crippen LogP contribution is -2.25. The third-order valence-electron chi connectivity index (χ3n) is 9.96. The molecule has 2 heteroatoms. The number of rotatable bonds is 29. The normalized spacial score (nSPS) is 17.3. The predicted octanol–water partition coefficient (Wildman–Crippen LogP) is 13.7. The van der Waals surface area contributed by atoms with Crippen molar-refractivity contribution in [2.75, 3.05) is 0 Å². The Morgan fingerprint density at radius 2 is 1.12 bits per heavy atom. The van der Waals surface area contributed by atoms with Gasteiger partial charge in [-0.15, -0.1) is 0 Å². The van der Waals surface area contributed by atoms with Crippen molar-refractivity contribution >= 4 is 0 Å². The van der Waals surface area contributed by atoms with Crippen molar-refractivity contribution in [3.63, 3.8) is 0 Å². The standard InChI is InChI=1S/C40H72N2/c1-4-6-8-10-12-14-16-17-18-19-20-22-24-27-31-38(3)42-36-35-41-39(42)37-40(33-29-26-30-34-40)32-28-25-23-21-15-13-11-9-7-5-2/h26,29-30,33,35-36,38H,4-25,27-28,31-32,34,37H2,1-3H3. The minimum atomic E-state index is 0.257. The molecule has 0 fully saturated rings. The van der Waals surface area contributed by atoms with Crippen LogP contribution in [0, 0.1) is 5.41 Å². The zero-order chi connectivity index (χ0) is 30.0. The fraction of sp³-hybridized carbons (Fsp3) is 0.825. The molecule has 0 saturated heterocycles. The van der Waals surface area contributed by atoms with Gasteiger partial charge in [0.1, 0.15) is 5.82 Å². The summed E-state index contributed by atoms with van der Waals surface area (Å²) < 4.78 is 2.51. The zero-order valence-electron chi connectivity index (χ0n) is 28.7. The molecule has 0 radical (unpaired) electrons. The van der Waals surface area contributed by atoms with E-state index in [9.17, 15) is 0 Å². The molecule has 0 bridgehead atoms. The van der Waals surface area contributed by atoms with Crippen LogP contribution in [0.25, 0.3) is 0 Å². The molecule has 1 heterocycles. The smallest absolute Gasteiger partial charge is 0.109 e. The molecule has 0 aliphatic heterocycles. The van der Waals surface area contributed by atoms with Gasteiger partial charge < -0.3 is 4.57 Å². The van der Waals surface area contributed by atoms with Gasteiger partial charge in [0, 0.05) is 24.9 Å². The first kappa shape index (κ1) is 36.9. The van der Waals surface area contributed by atoms with Gasteiger partial charge in [-0.1, -0.05) is 192 Å². The molecule has 2 nitrogen and oxygen atoms in total. The van der Waals surface area contributed by atoms with Gasteiger partial charge in [-0.3, -0.25) is 0 Å². The van der Waals surface area contributed by atoms with E-state index in [4.69, 9.17) is 4.98 Å². The molecule has 0 aromatic carbocycles. The van der Waals surface area contributed by atoms with Crippen LogP contribution < -0.4 is 0 Å². The Labute approximate surface area is 263 Å². The number of unbranched alkanes of at least 4 members (excludes halogenated alkanes) is 22. The molecule has 0 N–H and O–H groups in total. The van der Waals surface area contributed by atoms with Crippen LogP contribution in [0.15, 0.2) is 36.7 Å². The summed E-state index contributed by atoms with van der Waals surface area (Å²) in [4.78, 5) is 4.90. The number of hydrogen-bond acceptors (Lipinski definition) is 1. The summed E-state index contributed by atoms with van der Waals surface area (Å²) in [7, 11) is 0. The Hall–Kier alpha value is -1.31. The fourth-order valence-corrected chi connectivity index (χ4v) is 7.05. The number of hydrogen-bond donors (Lipinski definition) is 0. The Morgan fingerprint density at radius 1 is 0.643 bits per heavy atom. The first-order valence-corrected chi connectivity index (χ1v) is 19.1. The average molecular weight is 581 g/mol. The first-order valence-electron chi connectivity index (χ1n) is 19.1. The van der Waals surface area contributed by atoms with Crippen molar-refractivity contribution in [2.45, 2.75) is 207 Å². The average Bonchev–Trinajstić information content (AvgIpc) is 3.46. The number of nitrogens with zero attached hydrogens (tertiary/aromatic N) is 2. The van der Waals surface area contributed by atoms with Crippen LogP contribution in [0.2, 0.25) is 0 Å². The van der Waals surface area contributed by atoms with E-state index in [1.165, 1.54) is 179 Å². The topological polar surface area (TPSA) is 17.8 Å². The third-order valence-corrected chi connectivity index (χ3v) is 9.96. The molecule has 0 amide bonds. The molecule has 2 atom stereocenters. The second-order valence-electron chi connectivity index (χ2n) is 13.9. The maximum atomic E-state index is 4.90. The number of allylic oxidation sites excluding steroid dienone is 4. The molecule has 2 rings (SSSR count). The minimum absolute atomic E-state index is 0.257. The van der Waals surface area contributed by atoms with Gasteiger partial charge in [0.2, 0.25) is 0 Å². The molecule has 2 unspecified atom stereocenters. The van der Waals surface area contributed by atoms with E-state index >= 15 is 0 Å². The van der Waals surface area contributed by atoms with Gasteiger partial charge >= 0.3 is 0 Å². The summed E-state index contributed by atoms with van der Waals surface area (Å²) in [5.41, 5.74) is 0.257. The van der Waals surface area contributed by atoms with Crippen molar-refractivity contribution in [1.82, 2.24) is 9.55 Å². The lowest BCUT2D eigenvalue weighted by Gasteiger charge is -2.32. The van der Waals surface area contributed by atoms with Crippen LogP contribution >= 0.6 is 0 Å². The van der Waals surface area contributed by atoms with Crippen LogP contribution in [0.1, 0.15) is 206 Å². The Kier molecular flexibility index (Phi) is 22.0. The summed E-state index contributed by atoms with van der Waals surface area (Å²) >= 11 is 0. The lowest BCUT2D eigenvalue weighted by atomic mass is 9.74. The van der Waals surface area contributed by atoms with Crippen molar-refractivity contribution in [2.24, 2.45) is 5.41 Å². The van der Waals surface area contributed by atoms with E-state index < -0.39 is 0 Å². The third kappa shape index (κ3) is 17.1. The van der Waals surface area contributed by atoms with Gasteiger partial charge in [-0.25, -0.2) is 4.98 Å². The molecule has 242 valence electrons. The largest absolute Gasteiger partial charge is 0.332 e. The van der Waals surface area contributed by atoms with E-state index in [2.05, 4.69) is 55.8 Å². The van der Waals surface area contributed by atoms with Crippen LogP contribution in [0.4, 0.5) is 0 Å². The second-order valence-corrected chi connectivity index (χ2v) is 13.9. The molecule has 42 heavy (non-hydrogen) atoms. The van der Waals surface area contributed by atoms with Crippen molar-refractivity contribution in [3.8, 4) is 0 Å². The summed E-state index contributed by atoms with van der Waals surface area (Å²) in [5.74, 6) is 1.31. The van der Waals surface area contributed by atoms with Crippen LogP contribution in [0.3, 0.4) is 0 Å². The highest BCUT2D eigenvalue weighted by Gasteiger charge is 2.29. The van der Waals surface area contributed by atoms with E-state index in [0.29, 0.717) is 6.04 Å². The van der Waals surface area contributed by atoms with Crippen LogP contribution in [-0.4, -0.2) is 9.55 Å². The molecule has 0 spiro atoms. The van der Waals surface area contributed by atoms with Gasteiger partial charge in [0.15, 0.2) is 0 Å². The van der Waals surface area contributed by atoms with Crippen molar-refractivity contribution < 1.29 is 0 Å². The summed E-state index contributed by atoms with van der Waals surface area (Å²) in [5, 5.41) is 0. The summed E-state index contributed by atoms with van der Waals surface area (Å²) in [6, 6.07) is 0.553. The summed E-state index contributed by atoms with van der Waals surface area (Å²) in [6.45, 7) is 7.03.